The summed E-state index contributed by atoms with van der Waals surface area (Å²) < 4.78 is 5.69. The minimum atomic E-state index is -0.869. The van der Waals surface area contributed by atoms with Crippen molar-refractivity contribution in [3.05, 3.63) is 35.1 Å². The van der Waals surface area contributed by atoms with Crippen LogP contribution in [0.3, 0.4) is 0 Å². The van der Waals surface area contributed by atoms with Crippen LogP contribution in [0.5, 0.6) is 0 Å². The summed E-state index contributed by atoms with van der Waals surface area (Å²) in [6.45, 7) is 5.56. The number of hydrogen-bond acceptors (Lipinski definition) is 3. The molecule has 1 amide bonds. The summed E-state index contributed by atoms with van der Waals surface area (Å²) in [5.41, 5.74) is 2.50. The third kappa shape index (κ3) is 3.24. The SMILES string of the molecule is Cc1c(C(=O)NC(C)CCC(=O)O)oc2c(C)cccc12. The molecule has 21 heavy (non-hydrogen) atoms. The highest BCUT2D eigenvalue weighted by molar-refractivity contribution is 5.99. The van der Waals surface area contributed by atoms with Crippen LogP contribution in [-0.4, -0.2) is 23.0 Å². The number of para-hydroxylation sites is 1. The first-order valence-electron chi connectivity index (χ1n) is 6.91. The van der Waals surface area contributed by atoms with Gasteiger partial charge in [0.05, 0.1) is 0 Å². The van der Waals surface area contributed by atoms with Crippen LogP contribution in [0.1, 0.15) is 41.4 Å². The zero-order valence-corrected chi connectivity index (χ0v) is 12.4. The number of aryl methyl sites for hydroxylation is 2. The molecule has 1 aromatic heterocycles. The molecule has 5 heteroatoms. The van der Waals surface area contributed by atoms with E-state index < -0.39 is 5.97 Å². The summed E-state index contributed by atoms with van der Waals surface area (Å²) in [4.78, 5) is 22.8. The molecule has 0 radical (unpaired) electrons. The monoisotopic (exact) mass is 289 g/mol. The number of carbonyl (C=O) groups excluding carboxylic acids is 1. The van der Waals surface area contributed by atoms with Crippen molar-refractivity contribution >= 4 is 22.8 Å². The maximum atomic E-state index is 12.2. The molecule has 1 unspecified atom stereocenters. The first-order valence-corrected chi connectivity index (χ1v) is 6.91. The molecule has 0 aliphatic heterocycles. The van der Waals surface area contributed by atoms with Gasteiger partial charge in [0.15, 0.2) is 5.76 Å². The average Bonchev–Trinajstić information content (AvgIpc) is 2.76. The van der Waals surface area contributed by atoms with E-state index in [1.165, 1.54) is 0 Å². The maximum Gasteiger partial charge on any atom is 0.303 e. The maximum absolute atomic E-state index is 12.2. The number of fused-ring (bicyclic) bond motifs is 1. The van der Waals surface area contributed by atoms with Crippen LogP contribution < -0.4 is 5.32 Å². The molecule has 0 saturated carbocycles. The Balaban J connectivity index is 2.18. The van der Waals surface area contributed by atoms with Crippen LogP contribution in [0, 0.1) is 13.8 Å². The third-order valence-electron chi connectivity index (χ3n) is 3.54. The fraction of sp³-hybridized carbons (Fsp3) is 0.375. The lowest BCUT2D eigenvalue weighted by molar-refractivity contribution is -0.137. The van der Waals surface area contributed by atoms with Gasteiger partial charge >= 0.3 is 5.97 Å². The second kappa shape index (κ2) is 5.99. The fourth-order valence-electron chi connectivity index (χ4n) is 2.30. The number of carboxylic acids is 1. The first kappa shape index (κ1) is 15.1. The van der Waals surface area contributed by atoms with Gasteiger partial charge in [0.1, 0.15) is 5.58 Å². The molecule has 5 nitrogen and oxygen atoms in total. The van der Waals surface area contributed by atoms with E-state index in [9.17, 15) is 9.59 Å². The Morgan fingerprint density at radius 1 is 1.33 bits per heavy atom. The topological polar surface area (TPSA) is 79.5 Å². The minimum absolute atomic E-state index is 0.0274. The molecule has 0 bridgehead atoms. The molecule has 1 heterocycles. The number of amides is 1. The van der Waals surface area contributed by atoms with E-state index >= 15 is 0 Å². The normalized spacial score (nSPS) is 12.3. The van der Waals surface area contributed by atoms with Crippen LogP contribution in [-0.2, 0) is 4.79 Å². The van der Waals surface area contributed by atoms with Crippen molar-refractivity contribution in [3.63, 3.8) is 0 Å². The zero-order chi connectivity index (χ0) is 15.6. The van der Waals surface area contributed by atoms with Crippen LogP contribution in [0.2, 0.25) is 0 Å². The highest BCUT2D eigenvalue weighted by Crippen LogP contribution is 2.27. The summed E-state index contributed by atoms with van der Waals surface area (Å²) in [7, 11) is 0. The fourth-order valence-corrected chi connectivity index (χ4v) is 2.30. The van der Waals surface area contributed by atoms with Crippen molar-refractivity contribution in [3.8, 4) is 0 Å². The van der Waals surface area contributed by atoms with Gasteiger partial charge in [-0.25, -0.2) is 0 Å². The van der Waals surface area contributed by atoms with Gasteiger partial charge in [-0.2, -0.15) is 0 Å². The van der Waals surface area contributed by atoms with E-state index in [4.69, 9.17) is 9.52 Å². The Bertz CT molecular complexity index is 687. The summed E-state index contributed by atoms with van der Waals surface area (Å²) >= 11 is 0. The molecular formula is C16H19NO4. The first-order chi connectivity index (χ1) is 9.90. The number of carbonyl (C=O) groups is 2. The molecule has 0 saturated heterocycles. The molecule has 2 rings (SSSR count). The van der Waals surface area contributed by atoms with Gasteiger partial charge in [-0.05, 0) is 32.8 Å². The highest BCUT2D eigenvalue weighted by Gasteiger charge is 2.20. The number of rotatable bonds is 5. The molecule has 2 aromatic rings. The van der Waals surface area contributed by atoms with Crippen LogP contribution in [0.15, 0.2) is 22.6 Å². The van der Waals surface area contributed by atoms with Crippen molar-refractivity contribution in [1.82, 2.24) is 5.32 Å². The number of furan rings is 1. The number of aliphatic carboxylic acids is 1. The van der Waals surface area contributed by atoms with Crippen molar-refractivity contribution in [2.75, 3.05) is 0 Å². The molecule has 0 aliphatic carbocycles. The third-order valence-corrected chi connectivity index (χ3v) is 3.54. The Labute approximate surface area is 122 Å². The van der Waals surface area contributed by atoms with Gasteiger partial charge in [-0.1, -0.05) is 18.2 Å². The van der Waals surface area contributed by atoms with Gasteiger partial charge in [0, 0.05) is 23.4 Å². The van der Waals surface area contributed by atoms with E-state index in [0.29, 0.717) is 12.2 Å². The second-order valence-electron chi connectivity index (χ2n) is 5.31. The Kier molecular flexibility index (Phi) is 4.31. The number of nitrogens with one attached hydrogen (secondary N) is 1. The van der Waals surface area contributed by atoms with Crippen molar-refractivity contribution in [2.45, 2.75) is 39.7 Å². The van der Waals surface area contributed by atoms with Crippen LogP contribution >= 0.6 is 0 Å². The molecule has 2 N–H and O–H groups in total. The predicted octanol–water partition coefficient (Wildman–Crippen LogP) is 3.03. The summed E-state index contributed by atoms with van der Waals surface area (Å²) in [5.74, 6) is -0.880. The summed E-state index contributed by atoms with van der Waals surface area (Å²) in [5, 5.41) is 12.4. The van der Waals surface area contributed by atoms with E-state index in [0.717, 1.165) is 22.1 Å². The average molecular weight is 289 g/mol. The smallest absolute Gasteiger partial charge is 0.303 e. The second-order valence-corrected chi connectivity index (χ2v) is 5.31. The van der Waals surface area contributed by atoms with Crippen molar-refractivity contribution in [1.29, 1.82) is 0 Å². The van der Waals surface area contributed by atoms with E-state index in [2.05, 4.69) is 5.32 Å². The standard InChI is InChI=1S/C16H19NO4/c1-9-5-4-6-12-11(3)15(21-14(9)12)16(20)17-10(2)7-8-13(18)19/h4-6,10H,7-8H2,1-3H3,(H,17,20)(H,18,19). The number of carboxylic acid groups (broad SMARTS) is 1. The lowest BCUT2D eigenvalue weighted by Crippen LogP contribution is -2.33. The van der Waals surface area contributed by atoms with E-state index in [-0.39, 0.29) is 18.4 Å². The Hall–Kier alpha value is -2.30. The van der Waals surface area contributed by atoms with E-state index in [1.807, 2.05) is 32.0 Å². The van der Waals surface area contributed by atoms with Gasteiger partial charge in [-0.3, -0.25) is 9.59 Å². The molecule has 1 atom stereocenters. The van der Waals surface area contributed by atoms with Gasteiger partial charge in [0.25, 0.3) is 5.91 Å². The Morgan fingerprint density at radius 3 is 2.67 bits per heavy atom. The lowest BCUT2D eigenvalue weighted by atomic mass is 10.1. The van der Waals surface area contributed by atoms with Crippen LogP contribution in [0.25, 0.3) is 11.0 Å². The largest absolute Gasteiger partial charge is 0.481 e. The number of benzene rings is 1. The molecule has 0 fully saturated rings. The van der Waals surface area contributed by atoms with Gasteiger partial charge in [-0.15, -0.1) is 0 Å². The highest BCUT2D eigenvalue weighted by atomic mass is 16.4. The van der Waals surface area contributed by atoms with Gasteiger partial charge in [0.2, 0.25) is 0 Å². The minimum Gasteiger partial charge on any atom is -0.481 e. The molecule has 0 spiro atoms. The van der Waals surface area contributed by atoms with Crippen molar-refractivity contribution in [2.24, 2.45) is 0 Å². The van der Waals surface area contributed by atoms with Crippen LogP contribution in [0.4, 0.5) is 0 Å². The number of hydrogen-bond donors (Lipinski definition) is 2. The molecular weight excluding hydrogens is 270 g/mol. The molecule has 0 aliphatic rings. The zero-order valence-electron chi connectivity index (χ0n) is 12.4. The molecule has 112 valence electrons. The quantitative estimate of drug-likeness (QED) is 0.886. The predicted molar refractivity (Wildman–Crippen MR) is 79.5 cm³/mol. The summed E-state index contributed by atoms with van der Waals surface area (Å²) in [6, 6.07) is 5.56. The van der Waals surface area contributed by atoms with Crippen molar-refractivity contribution < 1.29 is 19.1 Å². The van der Waals surface area contributed by atoms with E-state index in [1.54, 1.807) is 6.92 Å². The molecule has 1 aromatic carbocycles. The lowest BCUT2D eigenvalue weighted by Gasteiger charge is -2.11. The summed E-state index contributed by atoms with van der Waals surface area (Å²) in [6.07, 6.45) is 0.416. The Morgan fingerprint density at radius 2 is 2.05 bits per heavy atom. The van der Waals surface area contributed by atoms with Gasteiger partial charge < -0.3 is 14.8 Å².